The van der Waals surface area contributed by atoms with Gasteiger partial charge in [0.25, 0.3) is 10.2 Å². The number of rotatable bonds is 6. The molecule has 7 nitrogen and oxygen atoms in total. The molecule has 0 aromatic heterocycles. The third-order valence-corrected chi connectivity index (χ3v) is 1.27. The van der Waals surface area contributed by atoms with Gasteiger partial charge in [0.1, 0.15) is 0 Å². The Morgan fingerprint density at radius 1 is 1.45 bits per heavy atom. The predicted octanol–water partition coefficient (Wildman–Crippen LogP) is -2.54. The number of hydroxylamine groups is 1. The van der Waals surface area contributed by atoms with Gasteiger partial charge in [0.2, 0.25) is 0 Å². The molecule has 0 atom stereocenters. The van der Waals surface area contributed by atoms with Crippen molar-refractivity contribution in [1.82, 2.24) is 10.2 Å². The third-order valence-electron chi connectivity index (χ3n) is 0.662. The monoisotopic (exact) mass is 183 g/mol. The smallest absolute Gasteiger partial charge is 0.312 e. The maximum absolute atomic E-state index is 10.2. The molecule has 0 fully saturated rings. The Morgan fingerprint density at radius 3 is 2.55 bits per heavy atom. The van der Waals surface area contributed by atoms with E-state index < -0.39 is 10.2 Å². The number of hydrogen-bond donors (Lipinski definition) is 3. The summed E-state index contributed by atoms with van der Waals surface area (Å²) in [5, 5.41) is 4.57. The fourth-order valence-electron chi connectivity index (χ4n) is 0.337. The van der Waals surface area contributed by atoms with Crippen molar-refractivity contribution < 1.29 is 18.0 Å². The van der Waals surface area contributed by atoms with Crippen molar-refractivity contribution in [2.24, 2.45) is 5.14 Å². The fourth-order valence-corrected chi connectivity index (χ4v) is 0.724. The molecule has 0 saturated carbocycles. The van der Waals surface area contributed by atoms with E-state index in [1.165, 1.54) is 0 Å². The summed E-state index contributed by atoms with van der Waals surface area (Å²) >= 11 is 0. The van der Waals surface area contributed by atoms with Gasteiger partial charge < -0.3 is 4.84 Å². The molecule has 0 radical (unpaired) electrons. The van der Waals surface area contributed by atoms with Gasteiger partial charge in [0, 0.05) is 13.1 Å². The molecule has 0 saturated heterocycles. The second-order valence-electron chi connectivity index (χ2n) is 1.55. The lowest BCUT2D eigenvalue weighted by atomic mass is 10.7. The summed E-state index contributed by atoms with van der Waals surface area (Å²) in [5.74, 6) is 0. The van der Waals surface area contributed by atoms with Gasteiger partial charge in [-0.3, -0.25) is 4.79 Å². The molecule has 0 aliphatic heterocycles. The highest BCUT2D eigenvalue weighted by Crippen LogP contribution is 1.64. The van der Waals surface area contributed by atoms with Crippen molar-refractivity contribution in [3.63, 3.8) is 0 Å². The number of hydrogen-bond acceptors (Lipinski definition) is 5. The maximum atomic E-state index is 10.2. The Labute approximate surface area is 64.0 Å². The van der Waals surface area contributed by atoms with E-state index in [0.717, 1.165) is 0 Å². The van der Waals surface area contributed by atoms with Crippen LogP contribution in [0, 0.1) is 0 Å². The van der Waals surface area contributed by atoms with Crippen LogP contribution in [-0.4, -0.2) is 28.0 Å². The quantitative estimate of drug-likeness (QED) is 0.238. The van der Waals surface area contributed by atoms with Gasteiger partial charge >= 0.3 is 6.47 Å². The molecule has 0 rings (SSSR count). The van der Waals surface area contributed by atoms with Crippen LogP contribution in [0.15, 0.2) is 0 Å². The van der Waals surface area contributed by atoms with Gasteiger partial charge in [-0.1, -0.05) is 0 Å². The van der Waals surface area contributed by atoms with Crippen LogP contribution in [0.5, 0.6) is 0 Å². The van der Waals surface area contributed by atoms with Crippen LogP contribution < -0.4 is 15.3 Å². The molecule has 0 aromatic rings. The Kier molecular flexibility index (Phi) is 4.70. The number of carbonyl (C=O) groups is 1. The second kappa shape index (κ2) is 5.02. The van der Waals surface area contributed by atoms with Gasteiger partial charge in [-0.15, -0.1) is 0 Å². The summed E-state index contributed by atoms with van der Waals surface area (Å²) < 4.78 is 22.4. The van der Waals surface area contributed by atoms with E-state index >= 15 is 0 Å². The Balaban J connectivity index is 3.22. The molecule has 4 N–H and O–H groups in total. The van der Waals surface area contributed by atoms with E-state index in [1.54, 1.807) is 0 Å². The minimum atomic E-state index is -3.65. The average molecular weight is 183 g/mol. The fraction of sp³-hybridized carbons (Fsp3) is 0.667. The number of carbonyl (C=O) groups excluding carboxylic acids is 1. The highest BCUT2D eigenvalue weighted by molar-refractivity contribution is 7.87. The molecular weight excluding hydrogens is 174 g/mol. The van der Waals surface area contributed by atoms with Crippen molar-refractivity contribution >= 4 is 16.7 Å². The van der Waals surface area contributed by atoms with Crippen LogP contribution in [0.2, 0.25) is 0 Å². The normalized spacial score (nSPS) is 11.0. The van der Waals surface area contributed by atoms with Crippen LogP contribution in [0.1, 0.15) is 0 Å². The molecule has 0 aromatic carbocycles. The van der Waals surface area contributed by atoms with Crippen LogP contribution in [0.3, 0.4) is 0 Å². The second-order valence-corrected chi connectivity index (χ2v) is 2.93. The molecule has 0 bridgehead atoms. The molecule has 8 heteroatoms. The van der Waals surface area contributed by atoms with Crippen molar-refractivity contribution in [3.8, 4) is 0 Å². The van der Waals surface area contributed by atoms with E-state index in [-0.39, 0.29) is 19.6 Å². The summed E-state index contributed by atoms with van der Waals surface area (Å²) in [4.78, 5) is 13.6. The highest BCUT2D eigenvalue weighted by atomic mass is 32.2. The predicted molar refractivity (Wildman–Crippen MR) is 36.3 cm³/mol. The number of nitrogens with two attached hydrogens (primary N) is 1. The Hall–Kier alpha value is -0.700. The SMILES string of the molecule is NS(=O)(=O)NCCNOC=O. The lowest BCUT2D eigenvalue weighted by Gasteiger charge is -2.00. The zero-order valence-corrected chi connectivity index (χ0v) is 6.43. The maximum Gasteiger partial charge on any atom is 0.312 e. The molecule has 0 spiro atoms. The zero-order chi connectivity index (χ0) is 8.74. The zero-order valence-electron chi connectivity index (χ0n) is 5.61. The van der Waals surface area contributed by atoms with E-state index in [2.05, 4.69) is 15.5 Å². The first-order valence-corrected chi connectivity index (χ1v) is 4.20. The van der Waals surface area contributed by atoms with Crippen LogP contribution in [-0.2, 0) is 19.8 Å². The lowest BCUT2D eigenvalue weighted by Crippen LogP contribution is -2.36. The summed E-state index contributed by atoms with van der Waals surface area (Å²) in [6.45, 7) is 0.415. The lowest BCUT2D eigenvalue weighted by molar-refractivity contribution is -0.135. The first-order valence-electron chi connectivity index (χ1n) is 2.66. The summed E-state index contributed by atoms with van der Waals surface area (Å²) in [7, 11) is -3.65. The van der Waals surface area contributed by atoms with Crippen molar-refractivity contribution in [1.29, 1.82) is 0 Å². The van der Waals surface area contributed by atoms with E-state index in [9.17, 15) is 13.2 Å². The average Bonchev–Trinajstić information content (AvgIpc) is 1.85. The van der Waals surface area contributed by atoms with Crippen molar-refractivity contribution in [3.05, 3.63) is 0 Å². The van der Waals surface area contributed by atoms with Crippen molar-refractivity contribution in [2.75, 3.05) is 13.1 Å². The minimum absolute atomic E-state index is 0.0622. The van der Waals surface area contributed by atoms with E-state index in [1.807, 2.05) is 4.72 Å². The first kappa shape index (κ1) is 10.3. The van der Waals surface area contributed by atoms with Gasteiger partial charge in [-0.2, -0.15) is 13.9 Å². The third kappa shape index (κ3) is 9.30. The molecule has 0 amide bonds. The highest BCUT2D eigenvalue weighted by Gasteiger charge is 1.97. The van der Waals surface area contributed by atoms with E-state index in [0.29, 0.717) is 0 Å². The molecule has 0 aliphatic rings. The molecule has 0 aliphatic carbocycles. The molecule has 0 unspecified atom stereocenters. The van der Waals surface area contributed by atoms with E-state index in [4.69, 9.17) is 0 Å². The van der Waals surface area contributed by atoms with Crippen LogP contribution >= 0.6 is 0 Å². The van der Waals surface area contributed by atoms with Gasteiger partial charge in [-0.25, -0.2) is 9.86 Å². The summed E-state index contributed by atoms with van der Waals surface area (Å²) in [6.07, 6.45) is 0. The molecular formula is C3H9N3O4S. The number of nitrogens with one attached hydrogen (secondary N) is 2. The summed E-state index contributed by atoms with van der Waals surface area (Å²) in [5.41, 5.74) is 2.16. The Bertz CT molecular complexity index is 201. The van der Waals surface area contributed by atoms with Gasteiger partial charge in [0.15, 0.2) is 0 Å². The van der Waals surface area contributed by atoms with Gasteiger partial charge in [0.05, 0.1) is 0 Å². The topological polar surface area (TPSA) is 111 Å². The largest absolute Gasteiger partial charge is 0.374 e. The van der Waals surface area contributed by atoms with Crippen LogP contribution in [0.4, 0.5) is 0 Å². The summed E-state index contributed by atoms with van der Waals surface area (Å²) in [6, 6.07) is 0. The first-order chi connectivity index (χ1) is 5.06. The van der Waals surface area contributed by atoms with Gasteiger partial charge in [-0.05, 0) is 0 Å². The molecule has 11 heavy (non-hydrogen) atoms. The minimum Gasteiger partial charge on any atom is -0.374 e. The Morgan fingerprint density at radius 2 is 2.09 bits per heavy atom. The molecule has 0 heterocycles. The van der Waals surface area contributed by atoms with Crippen molar-refractivity contribution in [2.45, 2.75) is 0 Å². The molecule has 66 valence electrons. The van der Waals surface area contributed by atoms with Crippen LogP contribution in [0.25, 0.3) is 0 Å². The standard InChI is InChI=1S/C3H9N3O4S/c4-11(8,9)6-2-1-5-10-3-7/h3,5-6H,1-2H2,(H2,4,8,9).